The standard InChI is InChI=1S/C48H37N5/c1-31(2)43-30-41(32-14-6-3-7-15-32)40-26-24-33-25-27-42(49-44(33)45(40)50-43)38-22-12-20-36(28-38)37-21-13-23-39(29-37)48-52-46(34-16-8-4-9-17-34)51-47(53-48)35-18-10-5-11-19-35/h3-31,42,49H,1-2H3. The van der Waals surface area contributed by atoms with Crippen molar-refractivity contribution >= 4 is 22.7 Å². The summed E-state index contributed by atoms with van der Waals surface area (Å²) in [5.74, 6) is 2.23. The van der Waals surface area contributed by atoms with Gasteiger partial charge in [-0.2, -0.15) is 0 Å². The molecule has 9 rings (SSSR count). The molecule has 5 nitrogen and oxygen atoms in total. The molecule has 0 radical (unpaired) electrons. The number of benzene rings is 6. The summed E-state index contributed by atoms with van der Waals surface area (Å²) in [5.41, 5.74) is 12.9. The van der Waals surface area contributed by atoms with E-state index < -0.39 is 0 Å². The number of pyridine rings is 1. The van der Waals surface area contributed by atoms with Gasteiger partial charge in [-0.15, -0.1) is 0 Å². The van der Waals surface area contributed by atoms with E-state index in [2.05, 4.69) is 128 Å². The highest BCUT2D eigenvalue weighted by Crippen LogP contribution is 2.40. The van der Waals surface area contributed by atoms with E-state index in [0.717, 1.165) is 55.7 Å². The lowest BCUT2D eigenvalue weighted by Gasteiger charge is -2.25. The molecule has 2 aromatic heterocycles. The van der Waals surface area contributed by atoms with E-state index >= 15 is 0 Å². The summed E-state index contributed by atoms with van der Waals surface area (Å²) in [6.07, 6.45) is 4.47. The Labute approximate surface area is 309 Å². The lowest BCUT2D eigenvalue weighted by molar-refractivity contribution is 0.830. The van der Waals surface area contributed by atoms with E-state index in [1.807, 2.05) is 60.7 Å². The van der Waals surface area contributed by atoms with Crippen LogP contribution in [-0.2, 0) is 0 Å². The first kappa shape index (κ1) is 32.2. The molecular weight excluding hydrogens is 647 g/mol. The molecule has 53 heavy (non-hydrogen) atoms. The highest BCUT2D eigenvalue weighted by molar-refractivity contribution is 6.04. The molecule has 8 aromatic rings. The minimum atomic E-state index is -0.0219. The van der Waals surface area contributed by atoms with Crippen molar-refractivity contribution < 1.29 is 0 Å². The number of hydrogen-bond donors (Lipinski definition) is 1. The second-order valence-corrected chi connectivity index (χ2v) is 13.8. The molecule has 0 spiro atoms. The maximum Gasteiger partial charge on any atom is 0.164 e. The molecule has 0 saturated heterocycles. The van der Waals surface area contributed by atoms with Crippen LogP contribution in [0.4, 0.5) is 5.69 Å². The van der Waals surface area contributed by atoms with E-state index in [-0.39, 0.29) is 6.04 Å². The molecule has 0 amide bonds. The molecule has 3 heterocycles. The molecule has 0 saturated carbocycles. The molecule has 1 N–H and O–H groups in total. The Morgan fingerprint density at radius 1 is 0.491 bits per heavy atom. The maximum atomic E-state index is 5.24. The van der Waals surface area contributed by atoms with Gasteiger partial charge < -0.3 is 5.32 Å². The van der Waals surface area contributed by atoms with E-state index in [4.69, 9.17) is 19.9 Å². The number of fused-ring (bicyclic) bond motifs is 3. The first-order valence-electron chi connectivity index (χ1n) is 18.1. The van der Waals surface area contributed by atoms with Crippen molar-refractivity contribution in [3.63, 3.8) is 0 Å². The number of anilines is 1. The summed E-state index contributed by atoms with van der Waals surface area (Å²) in [7, 11) is 0. The van der Waals surface area contributed by atoms with Crippen molar-refractivity contribution in [1.29, 1.82) is 0 Å². The average Bonchev–Trinajstić information content (AvgIpc) is 3.24. The number of aromatic nitrogens is 4. The van der Waals surface area contributed by atoms with Crippen LogP contribution in [0.1, 0.15) is 42.6 Å². The fourth-order valence-corrected chi connectivity index (χ4v) is 7.06. The Kier molecular flexibility index (Phi) is 8.37. The quantitative estimate of drug-likeness (QED) is 0.181. The highest BCUT2D eigenvalue weighted by Gasteiger charge is 2.21. The van der Waals surface area contributed by atoms with Gasteiger partial charge in [0.2, 0.25) is 0 Å². The zero-order chi connectivity index (χ0) is 35.7. The molecule has 1 atom stereocenters. The monoisotopic (exact) mass is 683 g/mol. The fraction of sp³-hybridized carbons (Fsp3) is 0.0833. The Bertz CT molecular complexity index is 2560. The Balaban J connectivity index is 1.07. The van der Waals surface area contributed by atoms with Gasteiger partial charge in [0.15, 0.2) is 17.5 Å². The minimum Gasteiger partial charge on any atom is -0.372 e. The van der Waals surface area contributed by atoms with Crippen molar-refractivity contribution in [2.24, 2.45) is 0 Å². The Hall–Kier alpha value is -6.72. The molecule has 1 unspecified atom stereocenters. The van der Waals surface area contributed by atoms with Gasteiger partial charge in [-0.3, -0.25) is 4.98 Å². The van der Waals surface area contributed by atoms with Crippen molar-refractivity contribution in [3.8, 4) is 56.4 Å². The number of rotatable bonds is 7. The summed E-state index contributed by atoms with van der Waals surface area (Å²) in [4.78, 5) is 20.0. The SMILES string of the molecule is CC(C)c1cc(-c2ccccc2)c2ccc3c(c2n1)NC(c1cccc(-c2cccc(-c4nc(-c5ccccc5)nc(-c5ccccc5)n4)c2)c1)C=C3. The topological polar surface area (TPSA) is 63.6 Å². The molecule has 5 heteroatoms. The fourth-order valence-electron chi connectivity index (χ4n) is 7.06. The second kappa shape index (κ2) is 13.8. The van der Waals surface area contributed by atoms with Crippen molar-refractivity contribution in [3.05, 3.63) is 181 Å². The summed E-state index contributed by atoms with van der Waals surface area (Å²) in [6, 6.07) is 54.7. The minimum absolute atomic E-state index is 0.0219. The predicted octanol–water partition coefficient (Wildman–Crippen LogP) is 12.1. The lowest BCUT2D eigenvalue weighted by Crippen LogP contribution is -2.13. The summed E-state index contributed by atoms with van der Waals surface area (Å²) in [5, 5.41) is 5.03. The third kappa shape index (κ3) is 6.38. The zero-order valence-electron chi connectivity index (χ0n) is 29.6. The first-order valence-corrected chi connectivity index (χ1v) is 18.1. The summed E-state index contributed by atoms with van der Waals surface area (Å²) in [6.45, 7) is 4.42. The van der Waals surface area contributed by atoms with Crippen LogP contribution in [0.2, 0.25) is 0 Å². The van der Waals surface area contributed by atoms with Crippen LogP contribution in [0.25, 0.3) is 73.4 Å². The summed E-state index contributed by atoms with van der Waals surface area (Å²) >= 11 is 0. The normalized spacial score (nSPS) is 13.5. The van der Waals surface area contributed by atoms with Crippen molar-refractivity contribution in [1.82, 2.24) is 19.9 Å². The number of nitrogens with one attached hydrogen (secondary N) is 1. The van der Waals surface area contributed by atoms with E-state index in [9.17, 15) is 0 Å². The predicted molar refractivity (Wildman–Crippen MR) is 218 cm³/mol. The molecule has 0 aliphatic carbocycles. The van der Waals surface area contributed by atoms with Gasteiger partial charge in [-0.25, -0.2) is 15.0 Å². The van der Waals surface area contributed by atoms with Gasteiger partial charge in [0.05, 0.1) is 17.2 Å². The second-order valence-electron chi connectivity index (χ2n) is 13.8. The van der Waals surface area contributed by atoms with E-state index in [0.29, 0.717) is 23.4 Å². The van der Waals surface area contributed by atoms with Gasteiger partial charge in [0.25, 0.3) is 0 Å². The van der Waals surface area contributed by atoms with Crippen LogP contribution in [0.5, 0.6) is 0 Å². The van der Waals surface area contributed by atoms with E-state index in [1.165, 1.54) is 16.7 Å². The zero-order valence-corrected chi connectivity index (χ0v) is 29.6. The summed E-state index contributed by atoms with van der Waals surface area (Å²) < 4.78 is 0. The maximum absolute atomic E-state index is 5.24. The molecule has 0 fully saturated rings. The van der Waals surface area contributed by atoms with Crippen LogP contribution in [0, 0.1) is 0 Å². The molecule has 1 aliphatic heterocycles. The number of nitrogens with zero attached hydrogens (tertiary/aromatic N) is 4. The van der Waals surface area contributed by atoms with Crippen molar-refractivity contribution in [2.75, 3.05) is 5.32 Å². The van der Waals surface area contributed by atoms with Gasteiger partial charge in [0.1, 0.15) is 0 Å². The molecule has 0 bridgehead atoms. The van der Waals surface area contributed by atoms with Gasteiger partial charge in [-0.1, -0.05) is 166 Å². The first-order chi connectivity index (χ1) is 26.1. The third-order valence-corrected chi connectivity index (χ3v) is 9.88. The Morgan fingerprint density at radius 2 is 1.04 bits per heavy atom. The highest BCUT2D eigenvalue weighted by atomic mass is 15.0. The molecule has 1 aliphatic rings. The van der Waals surface area contributed by atoms with E-state index in [1.54, 1.807) is 0 Å². The Morgan fingerprint density at radius 3 is 1.68 bits per heavy atom. The molecule has 254 valence electrons. The lowest BCUT2D eigenvalue weighted by atomic mass is 9.92. The average molecular weight is 684 g/mol. The van der Waals surface area contributed by atoms with Gasteiger partial charge in [0, 0.05) is 27.8 Å². The van der Waals surface area contributed by atoms with Crippen molar-refractivity contribution in [2.45, 2.75) is 25.8 Å². The van der Waals surface area contributed by atoms with Gasteiger partial charge in [-0.05, 0) is 57.5 Å². The van der Waals surface area contributed by atoms with Gasteiger partial charge >= 0.3 is 0 Å². The van der Waals surface area contributed by atoms with Crippen LogP contribution < -0.4 is 5.32 Å². The van der Waals surface area contributed by atoms with Crippen LogP contribution in [0.3, 0.4) is 0 Å². The molecular formula is C48H37N5. The van der Waals surface area contributed by atoms with Crippen LogP contribution >= 0.6 is 0 Å². The van der Waals surface area contributed by atoms with Crippen LogP contribution in [0.15, 0.2) is 164 Å². The number of hydrogen-bond acceptors (Lipinski definition) is 5. The largest absolute Gasteiger partial charge is 0.372 e. The third-order valence-electron chi connectivity index (χ3n) is 9.88. The van der Waals surface area contributed by atoms with Crippen LogP contribution in [-0.4, -0.2) is 19.9 Å². The molecule has 6 aromatic carbocycles. The smallest absolute Gasteiger partial charge is 0.164 e.